The first-order chi connectivity index (χ1) is 6.46. The fourth-order valence-corrected chi connectivity index (χ4v) is 2.11. The first-order valence-corrected chi connectivity index (χ1v) is 5.99. The second-order valence-corrected chi connectivity index (χ2v) is 5.91. The monoisotopic (exact) mass is 210 g/mol. The molecule has 0 saturated carbocycles. The van der Waals surface area contributed by atoms with Crippen LogP contribution < -0.4 is 0 Å². The SMILES string of the molecule is C=C(c1ccccc1)S(=O)(=O)C(C)C. The number of hydrogen-bond donors (Lipinski definition) is 0. The standard InChI is InChI=1S/C11H14O2S/c1-9(2)14(12,13)10(3)11-7-5-4-6-8-11/h4-9H,3H2,1-2H3. The lowest BCUT2D eigenvalue weighted by atomic mass is 10.2. The van der Waals surface area contributed by atoms with Crippen LogP contribution in [0.25, 0.3) is 4.91 Å². The van der Waals surface area contributed by atoms with Gasteiger partial charge in [0.15, 0.2) is 9.84 Å². The van der Waals surface area contributed by atoms with Gasteiger partial charge in [-0.05, 0) is 19.4 Å². The zero-order valence-electron chi connectivity index (χ0n) is 8.40. The highest BCUT2D eigenvalue weighted by Gasteiger charge is 2.21. The Morgan fingerprint density at radius 2 is 1.71 bits per heavy atom. The highest BCUT2D eigenvalue weighted by atomic mass is 32.2. The highest BCUT2D eigenvalue weighted by Crippen LogP contribution is 2.22. The molecule has 3 heteroatoms. The lowest BCUT2D eigenvalue weighted by Gasteiger charge is -2.10. The Hall–Kier alpha value is -1.09. The van der Waals surface area contributed by atoms with Crippen molar-refractivity contribution in [3.05, 3.63) is 42.5 Å². The molecule has 0 saturated heterocycles. The molecule has 14 heavy (non-hydrogen) atoms. The van der Waals surface area contributed by atoms with Gasteiger partial charge in [0.05, 0.1) is 10.2 Å². The molecule has 0 fully saturated rings. The van der Waals surface area contributed by atoms with E-state index in [9.17, 15) is 8.42 Å². The van der Waals surface area contributed by atoms with Gasteiger partial charge in [-0.3, -0.25) is 0 Å². The summed E-state index contributed by atoms with van der Waals surface area (Å²) in [6, 6.07) is 8.95. The summed E-state index contributed by atoms with van der Waals surface area (Å²) < 4.78 is 23.5. The summed E-state index contributed by atoms with van der Waals surface area (Å²) in [4.78, 5) is 0.202. The van der Waals surface area contributed by atoms with Crippen LogP contribution >= 0.6 is 0 Å². The second kappa shape index (κ2) is 3.96. The molecule has 0 aromatic heterocycles. The Balaban J connectivity index is 3.10. The van der Waals surface area contributed by atoms with E-state index in [2.05, 4.69) is 6.58 Å². The molecule has 0 bridgehead atoms. The maximum Gasteiger partial charge on any atom is 0.180 e. The van der Waals surface area contributed by atoms with Crippen molar-refractivity contribution in [3.8, 4) is 0 Å². The van der Waals surface area contributed by atoms with Gasteiger partial charge in [0, 0.05) is 0 Å². The maximum absolute atomic E-state index is 11.7. The van der Waals surface area contributed by atoms with E-state index < -0.39 is 15.1 Å². The second-order valence-electron chi connectivity index (χ2n) is 3.38. The van der Waals surface area contributed by atoms with Crippen LogP contribution in [0, 0.1) is 0 Å². The van der Waals surface area contributed by atoms with Crippen LogP contribution in [0.2, 0.25) is 0 Å². The molecular weight excluding hydrogens is 196 g/mol. The minimum Gasteiger partial charge on any atom is -0.223 e. The van der Waals surface area contributed by atoms with Crippen LogP contribution in [0.3, 0.4) is 0 Å². The quantitative estimate of drug-likeness (QED) is 0.768. The van der Waals surface area contributed by atoms with Gasteiger partial charge in [-0.2, -0.15) is 0 Å². The summed E-state index contributed by atoms with van der Waals surface area (Å²) in [5.41, 5.74) is 0.668. The van der Waals surface area contributed by atoms with Gasteiger partial charge in [0.2, 0.25) is 0 Å². The maximum atomic E-state index is 11.7. The number of hydrogen-bond acceptors (Lipinski definition) is 2. The molecule has 0 amide bonds. The number of sulfone groups is 1. The van der Waals surface area contributed by atoms with E-state index >= 15 is 0 Å². The predicted octanol–water partition coefficient (Wildman–Crippen LogP) is 2.48. The zero-order valence-corrected chi connectivity index (χ0v) is 9.21. The average molecular weight is 210 g/mol. The van der Waals surface area contributed by atoms with Crippen LogP contribution in [-0.2, 0) is 9.84 Å². The number of rotatable bonds is 3. The molecule has 0 spiro atoms. The van der Waals surface area contributed by atoms with E-state index in [0.29, 0.717) is 5.56 Å². The van der Waals surface area contributed by atoms with E-state index in [-0.39, 0.29) is 4.91 Å². The molecule has 0 aliphatic rings. The smallest absolute Gasteiger partial charge is 0.180 e. The van der Waals surface area contributed by atoms with Gasteiger partial charge < -0.3 is 0 Å². The summed E-state index contributed by atoms with van der Waals surface area (Å²) in [5, 5.41) is -0.421. The van der Waals surface area contributed by atoms with Crippen molar-refractivity contribution in [2.45, 2.75) is 19.1 Å². The van der Waals surface area contributed by atoms with Crippen LogP contribution in [0.15, 0.2) is 36.9 Å². The average Bonchev–Trinajstić information content (AvgIpc) is 2.17. The largest absolute Gasteiger partial charge is 0.223 e. The summed E-state index contributed by atoms with van der Waals surface area (Å²) in [6.45, 7) is 6.94. The minimum atomic E-state index is -3.22. The van der Waals surface area contributed by atoms with E-state index in [1.807, 2.05) is 6.07 Å². The Kier molecular flexibility index (Phi) is 3.11. The molecule has 1 aromatic rings. The van der Waals surface area contributed by atoms with Crippen LogP contribution in [0.1, 0.15) is 19.4 Å². The van der Waals surface area contributed by atoms with Crippen molar-refractivity contribution in [3.63, 3.8) is 0 Å². The van der Waals surface area contributed by atoms with Gasteiger partial charge >= 0.3 is 0 Å². The van der Waals surface area contributed by atoms with Gasteiger partial charge in [0.25, 0.3) is 0 Å². The molecule has 0 unspecified atom stereocenters. The van der Waals surface area contributed by atoms with Crippen LogP contribution in [-0.4, -0.2) is 13.7 Å². The highest BCUT2D eigenvalue weighted by molar-refractivity contribution is 8.01. The van der Waals surface area contributed by atoms with E-state index in [1.54, 1.807) is 38.1 Å². The molecule has 0 atom stereocenters. The van der Waals surface area contributed by atoms with Crippen molar-refractivity contribution in [1.29, 1.82) is 0 Å². The first-order valence-electron chi connectivity index (χ1n) is 4.44. The van der Waals surface area contributed by atoms with E-state index in [1.165, 1.54) is 0 Å². The molecule has 1 rings (SSSR count). The molecule has 0 aliphatic heterocycles. The molecular formula is C11H14O2S. The van der Waals surface area contributed by atoms with Crippen molar-refractivity contribution in [1.82, 2.24) is 0 Å². The topological polar surface area (TPSA) is 34.1 Å². The molecule has 0 heterocycles. The fraction of sp³-hybridized carbons (Fsp3) is 0.273. The fourth-order valence-electron chi connectivity index (χ4n) is 1.07. The molecule has 76 valence electrons. The third kappa shape index (κ3) is 2.04. The number of benzene rings is 1. The Labute approximate surface area is 85.2 Å². The van der Waals surface area contributed by atoms with E-state index in [4.69, 9.17) is 0 Å². The van der Waals surface area contributed by atoms with Gasteiger partial charge in [-0.25, -0.2) is 8.42 Å². The third-order valence-corrected chi connectivity index (χ3v) is 4.22. The lowest BCUT2D eigenvalue weighted by molar-refractivity contribution is 0.598. The summed E-state index contributed by atoms with van der Waals surface area (Å²) in [7, 11) is -3.22. The van der Waals surface area contributed by atoms with Gasteiger partial charge in [0.1, 0.15) is 0 Å². The van der Waals surface area contributed by atoms with E-state index in [0.717, 1.165) is 0 Å². The third-order valence-electron chi connectivity index (χ3n) is 2.06. The minimum absolute atomic E-state index is 0.202. The normalized spacial score (nSPS) is 11.6. The predicted molar refractivity (Wildman–Crippen MR) is 59.5 cm³/mol. The summed E-state index contributed by atoms with van der Waals surface area (Å²) >= 11 is 0. The van der Waals surface area contributed by atoms with Crippen molar-refractivity contribution < 1.29 is 8.42 Å². The van der Waals surface area contributed by atoms with Crippen LogP contribution in [0.4, 0.5) is 0 Å². The molecule has 0 N–H and O–H groups in total. The summed E-state index contributed by atoms with van der Waals surface area (Å²) in [5.74, 6) is 0. The van der Waals surface area contributed by atoms with Crippen molar-refractivity contribution in [2.75, 3.05) is 0 Å². The van der Waals surface area contributed by atoms with Gasteiger partial charge in [-0.1, -0.05) is 36.9 Å². The Bertz CT molecular complexity index is 416. The molecule has 1 aromatic carbocycles. The lowest BCUT2D eigenvalue weighted by Crippen LogP contribution is -2.14. The first kappa shape index (κ1) is 11.0. The Morgan fingerprint density at radius 3 is 2.14 bits per heavy atom. The molecule has 0 radical (unpaired) electrons. The van der Waals surface area contributed by atoms with Gasteiger partial charge in [-0.15, -0.1) is 0 Å². The molecule has 2 nitrogen and oxygen atoms in total. The Morgan fingerprint density at radius 1 is 1.21 bits per heavy atom. The summed E-state index contributed by atoms with van der Waals surface area (Å²) in [6.07, 6.45) is 0. The zero-order chi connectivity index (χ0) is 10.8. The molecule has 0 aliphatic carbocycles. The van der Waals surface area contributed by atoms with Crippen LogP contribution in [0.5, 0.6) is 0 Å². The van der Waals surface area contributed by atoms with Crippen molar-refractivity contribution >= 4 is 14.7 Å². The van der Waals surface area contributed by atoms with Crippen molar-refractivity contribution in [2.24, 2.45) is 0 Å².